The summed E-state index contributed by atoms with van der Waals surface area (Å²) in [6.07, 6.45) is 3.89. The smallest absolute Gasteiger partial charge is 0.236 e. The maximum absolute atomic E-state index is 11.4. The summed E-state index contributed by atoms with van der Waals surface area (Å²) >= 11 is 0. The summed E-state index contributed by atoms with van der Waals surface area (Å²) in [4.78, 5) is 14.0. The van der Waals surface area contributed by atoms with Gasteiger partial charge in [-0.05, 0) is 33.1 Å². The number of carbonyl (C=O) groups is 1. The molecular formula is C12H23N3O. The van der Waals surface area contributed by atoms with Gasteiger partial charge in [0.2, 0.25) is 5.91 Å². The Hall–Kier alpha value is -0.610. The highest BCUT2D eigenvalue weighted by molar-refractivity contribution is 5.80. The molecule has 0 aromatic rings. The Kier molecular flexibility index (Phi) is 3.50. The van der Waals surface area contributed by atoms with Crippen LogP contribution in [0.4, 0.5) is 0 Å². The van der Waals surface area contributed by atoms with Gasteiger partial charge in [0.25, 0.3) is 0 Å². The van der Waals surface area contributed by atoms with Crippen molar-refractivity contribution in [3.63, 3.8) is 0 Å². The number of hydrogen-bond acceptors (Lipinski definition) is 3. The fraction of sp³-hybridized carbons (Fsp3) is 0.917. The van der Waals surface area contributed by atoms with E-state index in [1.807, 2.05) is 6.92 Å². The maximum atomic E-state index is 11.4. The number of likely N-dealkylation sites (N-methyl/N-ethyl adjacent to an activating group) is 1. The molecule has 0 radical (unpaired) electrons. The molecule has 2 rings (SSSR count). The van der Waals surface area contributed by atoms with Gasteiger partial charge in [-0.15, -0.1) is 0 Å². The second-order valence-corrected chi connectivity index (χ2v) is 5.21. The van der Waals surface area contributed by atoms with Gasteiger partial charge in [-0.2, -0.15) is 0 Å². The normalized spacial score (nSPS) is 32.7. The Morgan fingerprint density at radius 3 is 2.69 bits per heavy atom. The lowest BCUT2D eigenvalue weighted by atomic mass is 10.1. The molecule has 0 bridgehead atoms. The van der Waals surface area contributed by atoms with Crippen molar-refractivity contribution in [3.05, 3.63) is 0 Å². The van der Waals surface area contributed by atoms with Crippen LogP contribution in [0.3, 0.4) is 0 Å². The third kappa shape index (κ3) is 2.55. The summed E-state index contributed by atoms with van der Waals surface area (Å²) in [5, 5.41) is 6.10. The topological polar surface area (TPSA) is 44.4 Å². The molecule has 1 heterocycles. The largest absolute Gasteiger partial charge is 0.358 e. The van der Waals surface area contributed by atoms with Crippen molar-refractivity contribution in [2.24, 2.45) is 0 Å². The van der Waals surface area contributed by atoms with Crippen molar-refractivity contribution >= 4 is 5.91 Å². The van der Waals surface area contributed by atoms with Crippen LogP contribution in [0.15, 0.2) is 0 Å². The van der Waals surface area contributed by atoms with Gasteiger partial charge in [-0.1, -0.05) is 0 Å². The first kappa shape index (κ1) is 11.9. The summed E-state index contributed by atoms with van der Waals surface area (Å²) in [5.74, 6) is 0.0810. The van der Waals surface area contributed by atoms with E-state index in [1.165, 1.54) is 12.8 Å². The van der Waals surface area contributed by atoms with Crippen molar-refractivity contribution in [1.82, 2.24) is 15.5 Å². The zero-order valence-corrected chi connectivity index (χ0v) is 10.5. The zero-order chi connectivity index (χ0) is 11.7. The summed E-state index contributed by atoms with van der Waals surface area (Å²) in [6, 6.07) is 1.89. The van der Waals surface area contributed by atoms with Gasteiger partial charge in [0.1, 0.15) is 0 Å². The molecule has 1 amide bonds. The molecule has 2 fully saturated rings. The van der Waals surface area contributed by atoms with E-state index in [4.69, 9.17) is 0 Å². The highest BCUT2D eigenvalue weighted by atomic mass is 16.2. The first-order chi connectivity index (χ1) is 7.61. The van der Waals surface area contributed by atoms with Crippen LogP contribution >= 0.6 is 0 Å². The van der Waals surface area contributed by atoms with E-state index in [-0.39, 0.29) is 11.9 Å². The summed E-state index contributed by atoms with van der Waals surface area (Å²) < 4.78 is 0. The van der Waals surface area contributed by atoms with Crippen molar-refractivity contribution in [1.29, 1.82) is 0 Å². The SMILES string of the molecule is CNC(=O)C(C)NC1CC(C)N(C2CC2)C1. The number of nitrogens with zero attached hydrogens (tertiary/aromatic N) is 1. The van der Waals surface area contributed by atoms with Crippen LogP contribution in [-0.2, 0) is 4.79 Å². The van der Waals surface area contributed by atoms with Crippen molar-refractivity contribution in [3.8, 4) is 0 Å². The number of nitrogens with one attached hydrogen (secondary N) is 2. The van der Waals surface area contributed by atoms with E-state index in [0.29, 0.717) is 12.1 Å². The summed E-state index contributed by atoms with van der Waals surface area (Å²) in [6.45, 7) is 5.33. The van der Waals surface area contributed by atoms with Gasteiger partial charge in [-0.3, -0.25) is 9.69 Å². The molecule has 2 N–H and O–H groups in total. The Morgan fingerprint density at radius 2 is 2.12 bits per heavy atom. The van der Waals surface area contributed by atoms with Gasteiger partial charge in [-0.25, -0.2) is 0 Å². The average molecular weight is 225 g/mol. The Morgan fingerprint density at radius 1 is 1.44 bits per heavy atom. The highest BCUT2D eigenvalue weighted by Crippen LogP contribution is 2.33. The molecule has 3 atom stereocenters. The molecule has 2 aliphatic rings. The number of amides is 1. The number of likely N-dealkylation sites (tertiary alicyclic amines) is 1. The second-order valence-electron chi connectivity index (χ2n) is 5.21. The van der Waals surface area contributed by atoms with Crippen LogP contribution in [0, 0.1) is 0 Å². The van der Waals surface area contributed by atoms with Crippen molar-refractivity contribution < 1.29 is 4.79 Å². The molecule has 0 spiro atoms. The molecule has 1 aliphatic carbocycles. The standard InChI is InChI=1S/C12H23N3O/c1-8-6-10(7-15(8)11-4-5-11)14-9(2)12(16)13-3/h8-11,14H,4-7H2,1-3H3,(H,13,16). The average Bonchev–Trinajstić information content (AvgIpc) is 3.03. The minimum atomic E-state index is -0.0821. The first-order valence-corrected chi connectivity index (χ1v) is 6.35. The molecule has 3 unspecified atom stereocenters. The van der Waals surface area contributed by atoms with E-state index in [9.17, 15) is 4.79 Å². The maximum Gasteiger partial charge on any atom is 0.236 e. The fourth-order valence-corrected chi connectivity index (χ4v) is 2.74. The number of hydrogen-bond donors (Lipinski definition) is 2. The monoisotopic (exact) mass is 225 g/mol. The van der Waals surface area contributed by atoms with Gasteiger partial charge < -0.3 is 10.6 Å². The molecule has 4 heteroatoms. The minimum absolute atomic E-state index is 0.0810. The Balaban J connectivity index is 1.81. The van der Waals surface area contributed by atoms with Crippen LogP contribution in [0.5, 0.6) is 0 Å². The van der Waals surface area contributed by atoms with Crippen LogP contribution in [0.25, 0.3) is 0 Å². The lowest BCUT2D eigenvalue weighted by molar-refractivity contribution is -0.122. The van der Waals surface area contributed by atoms with Crippen LogP contribution < -0.4 is 10.6 Å². The minimum Gasteiger partial charge on any atom is -0.358 e. The van der Waals surface area contributed by atoms with Crippen LogP contribution in [0.2, 0.25) is 0 Å². The molecule has 1 saturated carbocycles. The molecule has 16 heavy (non-hydrogen) atoms. The highest BCUT2D eigenvalue weighted by Gasteiger charge is 2.39. The molecule has 92 valence electrons. The molecule has 0 aromatic carbocycles. The van der Waals surface area contributed by atoms with E-state index in [1.54, 1.807) is 7.05 Å². The quantitative estimate of drug-likeness (QED) is 0.725. The van der Waals surface area contributed by atoms with Gasteiger partial charge in [0, 0.05) is 31.7 Å². The van der Waals surface area contributed by atoms with Gasteiger partial charge in [0.05, 0.1) is 6.04 Å². The Bertz CT molecular complexity index is 265. The summed E-state index contributed by atoms with van der Waals surface area (Å²) in [5.41, 5.74) is 0. The molecule has 4 nitrogen and oxygen atoms in total. The number of carbonyl (C=O) groups excluding carboxylic acids is 1. The zero-order valence-electron chi connectivity index (χ0n) is 10.5. The van der Waals surface area contributed by atoms with Gasteiger partial charge in [0.15, 0.2) is 0 Å². The third-order valence-corrected chi connectivity index (χ3v) is 3.76. The van der Waals surface area contributed by atoms with E-state index < -0.39 is 0 Å². The fourth-order valence-electron chi connectivity index (χ4n) is 2.74. The van der Waals surface area contributed by atoms with E-state index in [0.717, 1.165) is 19.0 Å². The molecular weight excluding hydrogens is 202 g/mol. The molecule has 1 saturated heterocycles. The van der Waals surface area contributed by atoms with E-state index in [2.05, 4.69) is 22.5 Å². The van der Waals surface area contributed by atoms with Crippen LogP contribution in [0.1, 0.15) is 33.1 Å². The third-order valence-electron chi connectivity index (χ3n) is 3.76. The van der Waals surface area contributed by atoms with Gasteiger partial charge >= 0.3 is 0 Å². The second kappa shape index (κ2) is 4.72. The predicted octanol–water partition coefficient (Wildman–Crippen LogP) is 0.336. The Labute approximate surface area is 97.8 Å². The predicted molar refractivity (Wildman–Crippen MR) is 64.3 cm³/mol. The van der Waals surface area contributed by atoms with Crippen LogP contribution in [-0.4, -0.2) is 48.6 Å². The van der Waals surface area contributed by atoms with E-state index >= 15 is 0 Å². The molecule has 0 aromatic heterocycles. The summed E-state index contributed by atoms with van der Waals surface area (Å²) in [7, 11) is 1.69. The van der Waals surface area contributed by atoms with Crippen molar-refractivity contribution in [2.75, 3.05) is 13.6 Å². The lowest BCUT2D eigenvalue weighted by Gasteiger charge is -2.20. The number of rotatable bonds is 4. The first-order valence-electron chi connectivity index (χ1n) is 6.35. The molecule has 1 aliphatic heterocycles. The lowest BCUT2D eigenvalue weighted by Crippen LogP contribution is -2.46. The van der Waals surface area contributed by atoms with Crippen molar-refractivity contribution in [2.45, 2.75) is 57.3 Å².